The van der Waals surface area contributed by atoms with E-state index >= 15 is 0 Å². The Hall–Kier alpha value is -3.23. The van der Waals surface area contributed by atoms with Gasteiger partial charge in [0.1, 0.15) is 0 Å². The number of aromatic nitrogens is 4. The van der Waals surface area contributed by atoms with E-state index in [0.29, 0.717) is 30.2 Å². The Bertz CT molecular complexity index is 931. The van der Waals surface area contributed by atoms with Crippen molar-refractivity contribution in [3.63, 3.8) is 0 Å². The number of fused-ring (bicyclic) bond motifs is 1. The minimum Gasteiger partial charge on any atom is -0.356 e. The van der Waals surface area contributed by atoms with Gasteiger partial charge in [0.05, 0.1) is 23.9 Å². The summed E-state index contributed by atoms with van der Waals surface area (Å²) in [4.78, 5) is 35.1. The molecule has 1 aliphatic rings. The summed E-state index contributed by atoms with van der Waals surface area (Å²) in [6.07, 6.45) is 2.72. The van der Waals surface area contributed by atoms with Crippen molar-refractivity contribution in [2.75, 3.05) is 6.54 Å². The van der Waals surface area contributed by atoms with Gasteiger partial charge in [0.2, 0.25) is 11.8 Å². The van der Waals surface area contributed by atoms with Gasteiger partial charge in [0, 0.05) is 24.4 Å². The van der Waals surface area contributed by atoms with Crippen molar-refractivity contribution in [1.29, 1.82) is 0 Å². The minimum absolute atomic E-state index is 0.00917. The summed E-state index contributed by atoms with van der Waals surface area (Å²) in [5.41, 5.74) is 2.11. The number of aromatic amines is 1. The predicted octanol–water partition coefficient (Wildman–Crippen LogP) is 0.869. The number of nitrogens with zero attached hydrogens (tertiary/aromatic N) is 3. The van der Waals surface area contributed by atoms with E-state index < -0.39 is 0 Å². The highest BCUT2D eigenvalue weighted by atomic mass is 16.5. The number of carbonyl (C=O) groups excluding carboxylic acids is 2. The van der Waals surface area contributed by atoms with E-state index in [1.807, 2.05) is 0 Å². The van der Waals surface area contributed by atoms with Gasteiger partial charge >= 0.3 is 0 Å². The zero-order valence-electron chi connectivity index (χ0n) is 13.3. The number of benzene rings is 1. The van der Waals surface area contributed by atoms with Crippen molar-refractivity contribution in [3.05, 3.63) is 41.8 Å². The van der Waals surface area contributed by atoms with E-state index in [9.17, 15) is 9.59 Å². The molecule has 9 heteroatoms. The first kappa shape index (κ1) is 15.3. The molecule has 1 atom stereocenters. The normalized spacial score (nSPS) is 17.4. The molecule has 0 saturated carbocycles. The highest BCUT2D eigenvalue weighted by Gasteiger charge is 2.25. The van der Waals surface area contributed by atoms with Crippen molar-refractivity contribution in [1.82, 2.24) is 30.7 Å². The van der Waals surface area contributed by atoms with E-state index in [1.54, 1.807) is 24.5 Å². The molecule has 3 heterocycles. The van der Waals surface area contributed by atoms with Gasteiger partial charge in [-0.1, -0.05) is 5.16 Å². The molecule has 9 nitrogen and oxygen atoms in total. The molecule has 2 amide bonds. The second-order valence-corrected chi connectivity index (χ2v) is 5.90. The third-order valence-corrected chi connectivity index (χ3v) is 4.18. The molecule has 0 radical (unpaired) electrons. The largest absolute Gasteiger partial charge is 0.356 e. The smallest absolute Gasteiger partial charge is 0.251 e. The molecule has 3 aromatic rings. The maximum absolute atomic E-state index is 12.2. The SMILES string of the molecule is O=C1CC(c2noc(CNC(=O)c3ccc4nc[nH]c4c3)n2)CCN1. The highest BCUT2D eigenvalue weighted by Crippen LogP contribution is 2.23. The summed E-state index contributed by atoms with van der Waals surface area (Å²) < 4.78 is 5.17. The van der Waals surface area contributed by atoms with Gasteiger partial charge in [-0.15, -0.1) is 0 Å². The Morgan fingerprint density at radius 2 is 2.32 bits per heavy atom. The van der Waals surface area contributed by atoms with Crippen molar-refractivity contribution < 1.29 is 14.1 Å². The van der Waals surface area contributed by atoms with E-state index in [1.165, 1.54) is 0 Å². The van der Waals surface area contributed by atoms with Crippen LogP contribution in [-0.4, -0.2) is 38.5 Å². The monoisotopic (exact) mass is 340 g/mol. The maximum Gasteiger partial charge on any atom is 0.251 e. The van der Waals surface area contributed by atoms with Crippen molar-refractivity contribution in [2.24, 2.45) is 0 Å². The molecule has 128 valence electrons. The average Bonchev–Trinajstić information content (AvgIpc) is 3.28. The molecule has 3 N–H and O–H groups in total. The third-order valence-electron chi connectivity index (χ3n) is 4.18. The van der Waals surface area contributed by atoms with Crippen molar-refractivity contribution in [2.45, 2.75) is 25.3 Å². The molecule has 4 rings (SSSR count). The molecular formula is C16H16N6O3. The van der Waals surface area contributed by atoms with Crippen molar-refractivity contribution in [3.8, 4) is 0 Å². The van der Waals surface area contributed by atoms with Crippen LogP contribution in [0.4, 0.5) is 0 Å². The maximum atomic E-state index is 12.2. The van der Waals surface area contributed by atoms with Gasteiger partial charge in [0.15, 0.2) is 5.82 Å². The molecule has 2 aromatic heterocycles. The fourth-order valence-corrected chi connectivity index (χ4v) is 2.84. The Morgan fingerprint density at radius 3 is 3.20 bits per heavy atom. The summed E-state index contributed by atoms with van der Waals surface area (Å²) in [7, 11) is 0. The van der Waals surface area contributed by atoms with Crippen molar-refractivity contribution >= 4 is 22.8 Å². The number of imidazole rings is 1. The summed E-state index contributed by atoms with van der Waals surface area (Å²) in [5.74, 6) is 0.540. The van der Waals surface area contributed by atoms with Gasteiger partial charge < -0.3 is 20.1 Å². The topological polar surface area (TPSA) is 126 Å². The lowest BCUT2D eigenvalue weighted by Crippen LogP contribution is -2.32. The molecule has 1 saturated heterocycles. The molecule has 1 unspecified atom stereocenters. The van der Waals surface area contributed by atoms with Gasteiger partial charge in [-0.25, -0.2) is 4.98 Å². The molecule has 0 aliphatic carbocycles. The van der Waals surface area contributed by atoms with Crippen LogP contribution in [0.1, 0.15) is 40.8 Å². The number of carbonyl (C=O) groups is 2. The zero-order chi connectivity index (χ0) is 17.2. The first-order chi connectivity index (χ1) is 12.2. The van der Waals surface area contributed by atoms with Crippen LogP contribution in [0, 0.1) is 0 Å². The van der Waals surface area contributed by atoms with E-state index in [2.05, 4.69) is 30.7 Å². The Kier molecular flexibility index (Phi) is 3.88. The van der Waals surface area contributed by atoms with E-state index in [4.69, 9.17) is 4.52 Å². The molecule has 0 bridgehead atoms. The third kappa shape index (κ3) is 3.21. The lowest BCUT2D eigenvalue weighted by molar-refractivity contribution is -0.122. The number of H-pyrrole nitrogens is 1. The van der Waals surface area contributed by atoms with Crippen LogP contribution >= 0.6 is 0 Å². The first-order valence-corrected chi connectivity index (χ1v) is 7.99. The summed E-state index contributed by atoms with van der Waals surface area (Å²) in [6, 6.07) is 5.22. The average molecular weight is 340 g/mol. The predicted molar refractivity (Wildman–Crippen MR) is 86.5 cm³/mol. The van der Waals surface area contributed by atoms with Gasteiger partial charge in [-0.2, -0.15) is 4.98 Å². The highest BCUT2D eigenvalue weighted by molar-refractivity contribution is 5.97. The lowest BCUT2D eigenvalue weighted by Gasteiger charge is -2.18. The quantitative estimate of drug-likeness (QED) is 0.647. The molecular weight excluding hydrogens is 324 g/mol. The van der Waals surface area contributed by atoms with Crippen LogP contribution in [0.15, 0.2) is 29.0 Å². The fourth-order valence-electron chi connectivity index (χ4n) is 2.84. The van der Waals surface area contributed by atoms with Crippen LogP contribution in [0.5, 0.6) is 0 Å². The first-order valence-electron chi connectivity index (χ1n) is 7.99. The summed E-state index contributed by atoms with van der Waals surface area (Å²) >= 11 is 0. The van der Waals surface area contributed by atoms with Crippen LogP contribution in [-0.2, 0) is 11.3 Å². The number of hydrogen-bond donors (Lipinski definition) is 3. The molecule has 1 fully saturated rings. The van der Waals surface area contributed by atoms with Crippen LogP contribution in [0.2, 0.25) is 0 Å². The van der Waals surface area contributed by atoms with Crippen LogP contribution in [0.25, 0.3) is 11.0 Å². The lowest BCUT2D eigenvalue weighted by atomic mass is 9.97. The number of hydrogen-bond acceptors (Lipinski definition) is 6. The zero-order valence-corrected chi connectivity index (χ0v) is 13.3. The second kappa shape index (κ2) is 6.34. The van der Waals surface area contributed by atoms with Crippen LogP contribution in [0.3, 0.4) is 0 Å². The van der Waals surface area contributed by atoms with E-state index in [-0.39, 0.29) is 24.3 Å². The van der Waals surface area contributed by atoms with Gasteiger partial charge in [-0.3, -0.25) is 9.59 Å². The standard InChI is InChI=1S/C16H16N6O3/c23-13-6-9(3-4-17-13)15-21-14(25-22-15)7-18-16(24)10-1-2-11-12(5-10)20-8-19-11/h1-2,5,8-9H,3-4,6-7H2,(H,17,23)(H,18,24)(H,19,20). The number of piperidine rings is 1. The Morgan fingerprint density at radius 1 is 1.40 bits per heavy atom. The summed E-state index contributed by atoms with van der Waals surface area (Å²) in [6.45, 7) is 0.742. The summed E-state index contributed by atoms with van der Waals surface area (Å²) in [5, 5.41) is 9.45. The van der Waals surface area contributed by atoms with Gasteiger partial charge in [-0.05, 0) is 24.6 Å². The number of amides is 2. The molecule has 25 heavy (non-hydrogen) atoms. The van der Waals surface area contributed by atoms with E-state index in [0.717, 1.165) is 17.5 Å². The minimum atomic E-state index is -0.242. The molecule has 0 spiro atoms. The fraction of sp³-hybridized carbons (Fsp3) is 0.312. The van der Waals surface area contributed by atoms with Crippen LogP contribution < -0.4 is 10.6 Å². The van der Waals surface area contributed by atoms with Gasteiger partial charge in [0.25, 0.3) is 5.91 Å². The number of nitrogens with one attached hydrogen (secondary N) is 3. The number of rotatable bonds is 4. The molecule has 1 aromatic carbocycles. The Balaban J connectivity index is 1.39. The Labute approximate surface area is 142 Å². The molecule has 1 aliphatic heterocycles. The second-order valence-electron chi connectivity index (χ2n) is 5.90.